The molecule has 1 amide bonds. The third kappa shape index (κ3) is 7.88. The fraction of sp³-hybridized carbons (Fsp3) is 0.568. The maximum absolute atomic E-state index is 15.2. The van der Waals surface area contributed by atoms with E-state index in [-0.39, 0.29) is 36.1 Å². The van der Waals surface area contributed by atoms with E-state index in [1.54, 1.807) is 12.3 Å². The molecule has 1 N–H and O–H groups in total. The van der Waals surface area contributed by atoms with Crippen LogP contribution in [-0.2, 0) is 19.4 Å². The highest BCUT2D eigenvalue weighted by molar-refractivity contribution is 7.90. The number of amides is 1. The second-order valence-electron chi connectivity index (χ2n) is 15.3. The number of hydrogen-bond donors (Lipinski definition) is 1. The van der Waals surface area contributed by atoms with Crippen LogP contribution in [0.15, 0.2) is 43.2 Å². The normalized spacial score (nSPS) is 21.9. The van der Waals surface area contributed by atoms with Gasteiger partial charge in [0.05, 0.1) is 30.0 Å². The molecule has 3 atom stereocenters. The molecule has 0 radical (unpaired) electrons. The van der Waals surface area contributed by atoms with Gasteiger partial charge in [-0.15, -0.1) is 0 Å². The number of piperidine rings is 1. The third-order valence-corrected chi connectivity index (χ3v) is 10.8. The van der Waals surface area contributed by atoms with Gasteiger partial charge in [-0.3, -0.25) is 4.79 Å². The molecule has 50 heavy (non-hydrogen) atoms. The topological polar surface area (TPSA) is 121 Å². The largest absolute Gasteiger partial charge is 0.370 e. The Morgan fingerprint density at radius 1 is 1.10 bits per heavy atom. The van der Waals surface area contributed by atoms with Crippen LogP contribution >= 0.6 is 0 Å². The summed E-state index contributed by atoms with van der Waals surface area (Å²) in [6.07, 6.45) is 6.86. The van der Waals surface area contributed by atoms with Gasteiger partial charge in [-0.05, 0) is 86.7 Å². The van der Waals surface area contributed by atoms with E-state index in [2.05, 4.69) is 41.7 Å². The van der Waals surface area contributed by atoms with E-state index >= 15 is 4.39 Å². The van der Waals surface area contributed by atoms with Gasteiger partial charge >= 0.3 is 0 Å². The molecule has 0 unspecified atom stereocenters. The molecular weight excluding hydrogens is 658 g/mol. The van der Waals surface area contributed by atoms with Gasteiger partial charge in [0.15, 0.2) is 0 Å². The number of nitrogens with one attached hydrogen (secondary N) is 1. The lowest BCUT2D eigenvalue weighted by Gasteiger charge is -2.42. The summed E-state index contributed by atoms with van der Waals surface area (Å²) in [4.78, 5) is 32.9. The van der Waals surface area contributed by atoms with Gasteiger partial charge in [0.2, 0.25) is 11.9 Å². The molecule has 3 saturated heterocycles. The van der Waals surface area contributed by atoms with Crippen molar-refractivity contribution in [1.29, 1.82) is 0 Å². The molecule has 1 aromatic carbocycles. The van der Waals surface area contributed by atoms with Gasteiger partial charge < -0.3 is 24.8 Å². The number of benzene rings is 1. The van der Waals surface area contributed by atoms with E-state index < -0.39 is 27.7 Å². The van der Waals surface area contributed by atoms with E-state index in [9.17, 15) is 13.2 Å². The van der Waals surface area contributed by atoms with Crippen LogP contribution in [0.25, 0.3) is 10.8 Å². The van der Waals surface area contributed by atoms with Crippen molar-refractivity contribution in [2.24, 2.45) is 5.92 Å². The van der Waals surface area contributed by atoms with Crippen molar-refractivity contribution in [2.45, 2.75) is 83.7 Å². The van der Waals surface area contributed by atoms with Gasteiger partial charge in [0.1, 0.15) is 27.6 Å². The van der Waals surface area contributed by atoms with Crippen LogP contribution in [0, 0.1) is 5.92 Å². The van der Waals surface area contributed by atoms with Gasteiger partial charge in [-0.2, -0.15) is 4.98 Å². The van der Waals surface area contributed by atoms with Crippen molar-refractivity contribution in [1.82, 2.24) is 19.9 Å². The Kier molecular flexibility index (Phi) is 10.1. The second-order valence-corrected chi connectivity index (χ2v) is 17.5. The second kappa shape index (κ2) is 14.1. The molecule has 3 aromatic rings. The number of rotatable bonds is 10. The van der Waals surface area contributed by atoms with E-state index in [4.69, 9.17) is 14.7 Å². The lowest BCUT2D eigenvalue weighted by Crippen LogP contribution is -2.49. The summed E-state index contributed by atoms with van der Waals surface area (Å²) in [7, 11) is -3.09. The number of carbonyl (C=O) groups is 1. The molecule has 3 aliphatic rings. The molecule has 2 aromatic heterocycles. The number of alkyl halides is 1. The Labute approximate surface area is 295 Å². The van der Waals surface area contributed by atoms with E-state index in [1.807, 2.05) is 42.8 Å². The monoisotopic (exact) mass is 707 g/mol. The number of nitrogens with zero attached hydrogens (tertiary/aromatic N) is 6. The summed E-state index contributed by atoms with van der Waals surface area (Å²) >= 11 is 0. The first-order valence-electron chi connectivity index (χ1n) is 17.6. The van der Waals surface area contributed by atoms with Crippen molar-refractivity contribution in [2.75, 3.05) is 59.8 Å². The Morgan fingerprint density at radius 3 is 2.52 bits per heavy atom. The molecule has 5 heterocycles. The molecule has 11 nitrogen and oxygen atoms in total. The number of carbonyl (C=O) groups excluding carboxylic acids is 1. The van der Waals surface area contributed by atoms with Crippen LogP contribution < -0.4 is 15.1 Å². The minimum Gasteiger partial charge on any atom is -0.370 e. The van der Waals surface area contributed by atoms with E-state index in [0.717, 1.165) is 40.4 Å². The van der Waals surface area contributed by atoms with Crippen LogP contribution in [0.4, 0.5) is 27.7 Å². The van der Waals surface area contributed by atoms with Gasteiger partial charge in [0, 0.05) is 61.8 Å². The summed E-state index contributed by atoms with van der Waals surface area (Å²) in [5.74, 6) is 1.85. The van der Waals surface area contributed by atoms with Gasteiger partial charge in [0.25, 0.3) is 0 Å². The van der Waals surface area contributed by atoms with Crippen molar-refractivity contribution >= 4 is 49.8 Å². The Balaban J connectivity index is 1.33. The zero-order valence-corrected chi connectivity index (χ0v) is 30.8. The van der Waals surface area contributed by atoms with Crippen LogP contribution in [0.3, 0.4) is 0 Å². The minimum atomic E-state index is -3.09. The number of likely N-dealkylation sites (tertiary alicyclic amines) is 1. The molecule has 3 aliphatic heterocycles. The molecule has 0 aliphatic carbocycles. The van der Waals surface area contributed by atoms with Gasteiger partial charge in [-0.1, -0.05) is 20.4 Å². The first-order valence-corrected chi connectivity index (χ1v) is 19.7. The Morgan fingerprint density at radius 2 is 1.86 bits per heavy atom. The third-order valence-electron chi connectivity index (χ3n) is 9.72. The SMILES string of the molecule is C=CC(=O)N1CCC[C@@H]1c1cc(N2CC(CS(C)(=O)=O)C2)c2cnc(Nc3ccnc(N4CC[C@@H](OC(C)(C)C)[C@@H](F)C4)n3)cc2c1C(C)C. The van der Waals surface area contributed by atoms with Crippen LogP contribution in [0.5, 0.6) is 0 Å². The number of hydrogen-bond acceptors (Lipinski definition) is 10. The quantitative estimate of drug-likeness (QED) is 0.253. The molecule has 13 heteroatoms. The van der Waals surface area contributed by atoms with Crippen molar-refractivity contribution in [3.8, 4) is 0 Å². The average Bonchev–Trinajstić information content (AvgIpc) is 3.51. The predicted octanol–water partition coefficient (Wildman–Crippen LogP) is 5.95. The fourth-order valence-corrected chi connectivity index (χ4v) is 8.78. The van der Waals surface area contributed by atoms with Crippen molar-refractivity contribution < 1.29 is 22.3 Å². The van der Waals surface area contributed by atoms with Gasteiger partial charge in [-0.25, -0.2) is 22.8 Å². The predicted molar refractivity (Wildman–Crippen MR) is 197 cm³/mol. The molecule has 270 valence electrons. The zero-order chi connectivity index (χ0) is 36.0. The number of aromatic nitrogens is 3. The molecule has 0 spiro atoms. The fourth-order valence-electron chi connectivity index (χ4n) is 7.72. The molecule has 0 saturated carbocycles. The number of sulfone groups is 1. The number of halogens is 1. The lowest BCUT2D eigenvalue weighted by atomic mass is 9.85. The summed E-state index contributed by atoms with van der Waals surface area (Å²) < 4.78 is 45.1. The Hall–Kier alpha value is -3.84. The smallest absolute Gasteiger partial charge is 0.246 e. The zero-order valence-electron chi connectivity index (χ0n) is 30.0. The molecule has 0 bridgehead atoms. The number of ether oxygens (including phenoxy) is 1. The van der Waals surface area contributed by atoms with Crippen LogP contribution in [-0.4, -0.2) is 96.8 Å². The highest BCUT2D eigenvalue weighted by Gasteiger charge is 2.36. The van der Waals surface area contributed by atoms with Crippen molar-refractivity contribution in [3.05, 3.63) is 54.4 Å². The summed E-state index contributed by atoms with van der Waals surface area (Å²) in [6.45, 7) is 16.5. The highest BCUT2D eigenvalue weighted by atomic mass is 32.2. The van der Waals surface area contributed by atoms with Crippen LogP contribution in [0.1, 0.15) is 77.0 Å². The van der Waals surface area contributed by atoms with Crippen LogP contribution in [0.2, 0.25) is 0 Å². The molecule has 6 rings (SSSR count). The summed E-state index contributed by atoms with van der Waals surface area (Å²) in [6, 6.07) is 5.91. The molecule has 3 fully saturated rings. The summed E-state index contributed by atoms with van der Waals surface area (Å²) in [5, 5.41) is 5.35. The Bertz CT molecular complexity index is 1860. The first kappa shape index (κ1) is 36.0. The number of fused-ring (bicyclic) bond motifs is 1. The highest BCUT2D eigenvalue weighted by Crippen LogP contribution is 2.45. The maximum Gasteiger partial charge on any atom is 0.246 e. The standard InChI is InChI=1S/C37H50FN7O4S/c1-8-34(46)45-14-9-10-29(45)26-16-30(44-19-24(20-44)22-50(7,47)48)27-18-40-33(17-25(27)35(26)23(2)3)41-32-11-13-39-36(42-32)43-15-12-31(28(38)21-43)49-37(4,5)6/h8,11,13,16-18,23-24,28-29,31H,1,9-10,12,14-15,19-22H2,2-7H3,(H,39,40,41,42)/t28-,29+,31+/m0/s1. The number of pyridine rings is 1. The van der Waals surface area contributed by atoms with Crippen molar-refractivity contribution in [3.63, 3.8) is 0 Å². The van der Waals surface area contributed by atoms with E-state index in [0.29, 0.717) is 50.2 Å². The molecular formula is C37H50FN7O4S. The lowest BCUT2D eigenvalue weighted by molar-refractivity contribution is -0.126. The van der Waals surface area contributed by atoms with E-state index in [1.165, 1.54) is 12.3 Å². The number of anilines is 4. The first-order chi connectivity index (χ1) is 23.6. The average molecular weight is 708 g/mol. The maximum atomic E-state index is 15.2. The summed E-state index contributed by atoms with van der Waals surface area (Å²) in [5.41, 5.74) is 2.82. The minimum absolute atomic E-state index is 0.0592.